The second-order valence-corrected chi connectivity index (χ2v) is 10.2. The molecule has 0 saturated carbocycles. The van der Waals surface area contributed by atoms with Crippen molar-refractivity contribution in [2.24, 2.45) is 0 Å². The second kappa shape index (κ2) is 10.2. The van der Waals surface area contributed by atoms with Gasteiger partial charge in [-0.05, 0) is 58.7 Å². The van der Waals surface area contributed by atoms with Gasteiger partial charge in [-0.3, -0.25) is 9.59 Å². The van der Waals surface area contributed by atoms with Crippen LogP contribution in [0.3, 0.4) is 0 Å². The summed E-state index contributed by atoms with van der Waals surface area (Å²) >= 11 is 2.94. The lowest BCUT2D eigenvalue weighted by molar-refractivity contribution is -0.136. The minimum absolute atomic E-state index is 0.137. The number of nitrogens with zero attached hydrogens (tertiary/aromatic N) is 2. The number of aliphatic carboxylic acids is 2. The van der Waals surface area contributed by atoms with E-state index >= 15 is 0 Å². The van der Waals surface area contributed by atoms with Crippen LogP contribution in [0.2, 0.25) is 0 Å². The lowest BCUT2D eigenvalue weighted by Gasteiger charge is -2.04. The van der Waals surface area contributed by atoms with Crippen molar-refractivity contribution in [3.8, 4) is 0 Å². The van der Waals surface area contributed by atoms with Crippen LogP contribution in [0.15, 0.2) is 72.8 Å². The molecule has 0 saturated heterocycles. The van der Waals surface area contributed by atoms with E-state index in [1.165, 1.54) is 22.7 Å². The van der Waals surface area contributed by atoms with Crippen molar-refractivity contribution in [2.45, 2.75) is 12.8 Å². The van der Waals surface area contributed by atoms with E-state index in [1.807, 2.05) is 84.9 Å². The van der Waals surface area contributed by atoms with E-state index in [0.29, 0.717) is 21.2 Å². The van der Waals surface area contributed by atoms with Crippen molar-refractivity contribution in [3.05, 3.63) is 93.9 Å². The van der Waals surface area contributed by atoms with Gasteiger partial charge in [0.1, 0.15) is 10.0 Å². The van der Waals surface area contributed by atoms with E-state index in [0.717, 1.165) is 31.6 Å². The number of fused-ring (bicyclic) bond motifs is 2. The number of carboxylic acid groups (broad SMARTS) is 2. The predicted molar refractivity (Wildman–Crippen MR) is 146 cm³/mol. The topological polar surface area (TPSA) is 100 Å². The average Bonchev–Trinajstić information content (AvgIpc) is 3.48. The van der Waals surface area contributed by atoms with E-state index in [2.05, 4.69) is 9.97 Å². The zero-order valence-electron chi connectivity index (χ0n) is 18.9. The molecule has 2 heterocycles. The van der Waals surface area contributed by atoms with Gasteiger partial charge in [0.05, 0.1) is 33.3 Å². The van der Waals surface area contributed by atoms with Crippen LogP contribution >= 0.6 is 22.7 Å². The number of thiazole rings is 2. The molecule has 5 rings (SSSR count). The third-order valence-corrected chi connectivity index (χ3v) is 7.66. The highest BCUT2D eigenvalue weighted by atomic mass is 32.1. The van der Waals surface area contributed by atoms with Gasteiger partial charge in [-0.25, -0.2) is 9.97 Å². The summed E-state index contributed by atoms with van der Waals surface area (Å²) in [7, 11) is 0. The van der Waals surface area contributed by atoms with Gasteiger partial charge in [0, 0.05) is 0 Å². The van der Waals surface area contributed by atoms with Crippen LogP contribution in [0.4, 0.5) is 0 Å². The highest BCUT2D eigenvalue weighted by Gasteiger charge is 2.14. The summed E-state index contributed by atoms with van der Waals surface area (Å²) in [5.41, 5.74) is 4.62. The van der Waals surface area contributed by atoms with Gasteiger partial charge in [-0.2, -0.15) is 0 Å². The molecule has 0 fully saturated rings. The first-order chi connectivity index (χ1) is 17.4. The van der Waals surface area contributed by atoms with Crippen LogP contribution < -0.4 is 0 Å². The Morgan fingerprint density at radius 2 is 1.03 bits per heavy atom. The summed E-state index contributed by atoms with van der Waals surface area (Å²) in [6.45, 7) is 0. The average molecular weight is 513 g/mol. The number of aromatic nitrogens is 2. The Labute approximate surface area is 214 Å². The molecule has 6 nitrogen and oxygen atoms in total. The molecular formula is C28H20N2O4S2. The first-order valence-corrected chi connectivity index (χ1v) is 12.7. The minimum atomic E-state index is -0.922. The summed E-state index contributed by atoms with van der Waals surface area (Å²) in [5.74, 6) is -1.84. The SMILES string of the molecule is O=C(O)CC(=Cc1ccc(C=C(CC(=O)O)c2nc3ccccc3s2)cc1)c1nc2ccccc2s1. The lowest BCUT2D eigenvalue weighted by atomic mass is 10.0. The number of carboxylic acids is 2. The first-order valence-electron chi connectivity index (χ1n) is 11.1. The monoisotopic (exact) mass is 512 g/mol. The van der Waals surface area contributed by atoms with Crippen LogP contribution in [0.25, 0.3) is 43.7 Å². The molecule has 3 aromatic carbocycles. The van der Waals surface area contributed by atoms with Gasteiger partial charge < -0.3 is 10.2 Å². The zero-order chi connectivity index (χ0) is 25.1. The predicted octanol–water partition coefficient (Wildman–Crippen LogP) is 6.94. The number of para-hydroxylation sites is 2. The summed E-state index contributed by atoms with van der Waals surface area (Å²) in [6, 6.07) is 23.0. The lowest BCUT2D eigenvalue weighted by Crippen LogP contribution is -1.97. The van der Waals surface area contributed by atoms with E-state index in [9.17, 15) is 19.8 Å². The number of rotatable bonds is 8. The van der Waals surface area contributed by atoms with Gasteiger partial charge in [0.25, 0.3) is 0 Å². The van der Waals surface area contributed by atoms with Gasteiger partial charge >= 0.3 is 11.9 Å². The molecule has 0 aliphatic carbocycles. The molecule has 0 radical (unpaired) electrons. The van der Waals surface area contributed by atoms with Crippen LogP contribution in [0, 0.1) is 0 Å². The number of carbonyl (C=O) groups is 2. The minimum Gasteiger partial charge on any atom is -0.481 e. The third kappa shape index (κ3) is 5.40. The molecule has 2 N–H and O–H groups in total. The molecule has 2 aromatic heterocycles. The van der Waals surface area contributed by atoms with Gasteiger partial charge in [0.2, 0.25) is 0 Å². The Balaban J connectivity index is 1.47. The van der Waals surface area contributed by atoms with Crippen LogP contribution in [0.1, 0.15) is 34.0 Å². The van der Waals surface area contributed by atoms with Crippen molar-refractivity contribution < 1.29 is 19.8 Å². The Hall–Kier alpha value is -4.14. The molecule has 0 aliphatic rings. The van der Waals surface area contributed by atoms with Crippen molar-refractivity contribution in [3.63, 3.8) is 0 Å². The maximum absolute atomic E-state index is 11.5. The van der Waals surface area contributed by atoms with Gasteiger partial charge in [-0.15, -0.1) is 22.7 Å². The molecule has 0 bridgehead atoms. The quantitative estimate of drug-likeness (QED) is 0.234. The van der Waals surface area contributed by atoms with Crippen molar-refractivity contribution in [1.29, 1.82) is 0 Å². The van der Waals surface area contributed by atoms with Gasteiger partial charge in [-0.1, -0.05) is 48.5 Å². The maximum Gasteiger partial charge on any atom is 0.307 e. The molecule has 0 aliphatic heterocycles. The first kappa shape index (κ1) is 23.6. The van der Waals surface area contributed by atoms with E-state index in [1.54, 1.807) is 0 Å². The van der Waals surface area contributed by atoms with Crippen molar-refractivity contribution in [2.75, 3.05) is 0 Å². The van der Waals surface area contributed by atoms with Crippen molar-refractivity contribution >= 4 is 78.3 Å². The summed E-state index contributed by atoms with van der Waals surface area (Å²) in [4.78, 5) is 32.3. The largest absolute Gasteiger partial charge is 0.481 e. The van der Waals surface area contributed by atoms with E-state index in [-0.39, 0.29) is 12.8 Å². The number of hydrogen-bond acceptors (Lipinski definition) is 6. The fourth-order valence-corrected chi connectivity index (χ4v) is 5.77. The summed E-state index contributed by atoms with van der Waals surface area (Å²) in [6.07, 6.45) is 3.40. The number of benzene rings is 3. The molecule has 36 heavy (non-hydrogen) atoms. The molecule has 0 unspecified atom stereocenters. The highest BCUT2D eigenvalue weighted by Crippen LogP contribution is 2.32. The van der Waals surface area contributed by atoms with E-state index in [4.69, 9.17) is 0 Å². The summed E-state index contributed by atoms with van der Waals surface area (Å²) in [5, 5.41) is 20.3. The molecule has 178 valence electrons. The molecule has 0 amide bonds. The van der Waals surface area contributed by atoms with Gasteiger partial charge in [0.15, 0.2) is 0 Å². The van der Waals surface area contributed by atoms with Crippen LogP contribution in [-0.2, 0) is 9.59 Å². The smallest absolute Gasteiger partial charge is 0.307 e. The fourth-order valence-electron chi connectivity index (χ4n) is 3.81. The van der Waals surface area contributed by atoms with Crippen LogP contribution in [-0.4, -0.2) is 32.1 Å². The molecule has 0 spiro atoms. The highest BCUT2D eigenvalue weighted by molar-refractivity contribution is 7.20. The molecular weight excluding hydrogens is 492 g/mol. The summed E-state index contributed by atoms with van der Waals surface area (Å²) < 4.78 is 2.01. The van der Waals surface area contributed by atoms with Crippen molar-refractivity contribution in [1.82, 2.24) is 9.97 Å². The Kier molecular flexibility index (Phi) is 6.71. The molecule has 8 heteroatoms. The maximum atomic E-state index is 11.5. The molecule has 5 aromatic rings. The standard InChI is InChI=1S/C28H20N2O4S2/c31-25(32)15-19(27-29-21-5-1-3-7-23(21)35-27)13-17-9-11-18(12-10-17)14-20(16-26(33)34)28-30-22-6-2-4-8-24(22)36-28/h1-14H,15-16H2,(H,31,32)(H,33,34). The Bertz CT molecular complexity index is 1460. The zero-order valence-corrected chi connectivity index (χ0v) is 20.6. The van der Waals surface area contributed by atoms with Crippen LogP contribution in [0.5, 0.6) is 0 Å². The van der Waals surface area contributed by atoms with E-state index < -0.39 is 11.9 Å². The number of hydrogen-bond donors (Lipinski definition) is 2. The molecule has 0 atom stereocenters. The third-order valence-electron chi connectivity index (χ3n) is 5.44. The fraction of sp³-hybridized carbons (Fsp3) is 0.0714. The second-order valence-electron chi connectivity index (χ2n) is 8.12. The normalized spacial score (nSPS) is 12.3. The Morgan fingerprint density at radius 3 is 1.39 bits per heavy atom. The Morgan fingerprint density at radius 1 is 0.639 bits per heavy atom.